The van der Waals surface area contributed by atoms with E-state index in [-0.39, 0.29) is 5.91 Å². The Morgan fingerprint density at radius 3 is 1.58 bits per heavy atom. The molecular formula is C16H19N3O5S2. The lowest BCUT2D eigenvalue weighted by molar-refractivity contribution is -0.112. The van der Waals surface area contributed by atoms with Gasteiger partial charge in [-0.05, 0) is 31.2 Å². The van der Waals surface area contributed by atoms with Crippen molar-refractivity contribution in [2.24, 2.45) is 10.3 Å². The summed E-state index contributed by atoms with van der Waals surface area (Å²) in [6.07, 6.45) is 0. The van der Waals surface area contributed by atoms with Crippen LogP contribution in [0.3, 0.4) is 0 Å². The molecule has 0 aliphatic carbocycles. The highest BCUT2D eigenvalue weighted by molar-refractivity contribution is 7.92. The largest absolute Gasteiger partial charge is 0.322 e. The summed E-state index contributed by atoms with van der Waals surface area (Å²) in [6, 6.07) is 14.2. The molecule has 10 heteroatoms. The van der Waals surface area contributed by atoms with Crippen LogP contribution in [0.4, 0.5) is 5.69 Å². The van der Waals surface area contributed by atoms with Crippen molar-refractivity contribution in [2.45, 2.75) is 16.7 Å². The molecule has 0 fully saturated rings. The molecule has 0 saturated carbocycles. The number of rotatable bonds is 4. The van der Waals surface area contributed by atoms with Crippen LogP contribution < -0.4 is 15.6 Å². The molecule has 2 rings (SSSR count). The van der Waals surface area contributed by atoms with Crippen LogP contribution in [0.15, 0.2) is 76.5 Å². The zero-order valence-electron chi connectivity index (χ0n) is 13.9. The Morgan fingerprint density at radius 2 is 1.23 bits per heavy atom. The second kappa shape index (κ2) is 8.72. The summed E-state index contributed by atoms with van der Waals surface area (Å²) < 4.78 is 43.8. The zero-order chi connectivity index (χ0) is 20.0. The Labute approximate surface area is 152 Å². The van der Waals surface area contributed by atoms with Crippen LogP contribution >= 0.6 is 0 Å². The van der Waals surface area contributed by atoms with Crippen molar-refractivity contribution in [1.82, 2.24) is 0 Å². The van der Waals surface area contributed by atoms with Gasteiger partial charge in [-0.2, -0.15) is 0 Å². The fourth-order valence-corrected chi connectivity index (χ4v) is 3.61. The van der Waals surface area contributed by atoms with Gasteiger partial charge < -0.3 is 5.32 Å². The number of nitrogens with one attached hydrogen (secondary N) is 1. The lowest BCUT2D eigenvalue weighted by Crippen LogP contribution is -2.20. The number of hydrogen-bond donors (Lipinski definition) is 3. The molecule has 2 aromatic rings. The second-order valence-corrected chi connectivity index (χ2v) is 8.20. The van der Waals surface area contributed by atoms with Crippen LogP contribution in [0.2, 0.25) is 0 Å². The van der Waals surface area contributed by atoms with Crippen molar-refractivity contribution in [3.05, 3.63) is 66.7 Å². The summed E-state index contributed by atoms with van der Waals surface area (Å²) in [7, 11) is -8.15. The van der Waals surface area contributed by atoms with Gasteiger partial charge in [0.25, 0.3) is 5.91 Å². The first-order chi connectivity index (χ1) is 11.9. The van der Waals surface area contributed by atoms with E-state index < -0.39 is 29.8 Å². The van der Waals surface area contributed by atoms with Gasteiger partial charge in [-0.1, -0.05) is 36.9 Å². The van der Waals surface area contributed by atoms with Crippen LogP contribution in [0.5, 0.6) is 0 Å². The van der Waals surface area contributed by atoms with Gasteiger partial charge in [-0.25, -0.2) is 27.1 Å². The number of amides is 1. The van der Waals surface area contributed by atoms with E-state index in [1.165, 1.54) is 12.1 Å². The Morgan fingerprint density at radius 1 is 0.846 bits per heavy atom. The van der Waals surface area contributed by atoms with Crippen molar-refractivity contribution >= 4 is 31.6 Å². The topological polar surface area (TPSA) is 149 Å². The minimum Gasteiger partial charge on any atom is -0.322 e. The van der Waals surface area contributed by atoms with Gasteiger partial charge in [-0.3, -0.25) is 4.79 Å². The average molecular weight is 397 g/mol. The summed E-state index contributed by atoms with van der Waals surface area (Å²) in [5.41, 5.74) is 1.31. The molecule has 0 aliphatic heterocycles. The van der Waals surface area contributed by atoms with Gasteiger partial charge in [0, 0.05) is 11.3 Å². The highest BCUT2D eigenvalue weighted by atomic mass is 32.2. The van der Waals surface area contributed by atoms with Crippen molar-refractivity contribution in [3.8, 4) is 0 Å². The van der Waals surface area contributed by atoms with E-state index in [9.17, 15) is 21.6 Å². The molecule has 0 atom stereocenters. The van der Waals surface area contributed by atoms with Crippen molar-refractivity contribution < 1.29 is 21.6 Å². The van der Waals surface area contributed by atoms with Gasteiger partial charge >= 0.3 is 0 Å². The molecule has 0 radical (unpaired) electrons. The number of carbonyl (C=O) groups is 1. The number of anilines is 1. The molecule has 8 nitrogen and oxygen atoms in total. The maximum Gasteiger partial charge on any atom is 0.250 e. The SMILES string of the molecule is C=C(C)C(=O)Nc1ccccc1.NS(=O)(=O)c1ccccc1S(N)(=O)=O. The summed E-state index contributed by atoms with van der Waals surface area (Å²) in [6.45, 7) is 5.22. The third-order valence-electron chi connectivity index (χ3n) is 2.88. The minimum atomic E-state index is -4.08. The van der Waals surface area contributed by atoms with E-state index in [2.05, 4.69) is 11.9 Å². The second-order valence-electron chi connectivity index (χ2n) is 5.14. The third kappa shape index (κ3) is 6.76. The van der Waals surface area contributed by atoms with Gasteiger partial charge in [0.15, 0.2) is 0 Å². The van der Waals surface area contributed by atoms with E-state index in [0.29, 0.717) is 5.57 Å². The number of carbonyl (C=O) groups excluding carboxylic acids is 1. The maximum absolute atomic E-state index is 11.1. The number of hydrogen-bond acceptors (Lipinski definition) is 5. The normalized spacial score (nSPS) is 11.0. The van der Waals surface area contributed by atoms with Crippen molar-refractivity contribution in [3.63, 3.8) is 0 Å². The van der Waals surface area contributed by atoms with Crippen molar-refractivity contribution in [1.29, 1.82) is 0 Å². The monoisotopic (exact) mass is 397 g/mol. The first kappa shape index (κ1) is 21.5. The fourth-order valence-electron chi connectivity index (χ4n) is 1.68. The molecule has 0 saturated heterocycles. The smallest absolute Gasteiger partial charge is 0.250 e. The first-order valence-corrected chi connectivity index (χ1v) is 10.2. The predicted molar refractivity (Wildman–Crippen MR) is 99.1 cm³/mol. The highest BCUT2D eigenvalue weighted by Gasteiger charge is 2.20. The van der Waals surface area contributed by atoms with Crippen LogP contribution in [0, 0.1) is 0 Å². The minimum absolute atomic E-state index is 0.138. The maximum atomic E-state index is 11.1. The van der Waals surface area contributed by atoms with Gasteiger partial charge in [0.1, 0.15) is 9.79 Å². The van der Waals surface area contributed by atoms with E-state index in [1.807, 2.05) is 30.3 Å². The Kier molecular flexibility index (Phi) is 7.21. The molecular weight excluding hydrogens is 378 g/mol. The Bertz CT molecular complexity index is 950. The van der Waals surface area contributed by atoms with Crippen LogP contribution in [-0.2, 0) is 24.8 Å². The lowest BCUT2D eigenvalue weighted by Gasteiger charge is -2.03. The number of para-hydroxylation sites is 1. The van der Waals surface area contributed by atoms with Crippen LogP contribution in [0.25, 0.3) is 0 Å². The highest BCUT2D eigenvalue weighted by Crippen LogP contribution is 2.17. The molecule has 26 heavy (non-hydrogen) atoms. The molecule has 0 bridgehead atoms. The standard InChI is InChI=1S/C10H11NO.C6H8N2O4S2/c1-8(2)10(12)11-9-6-4-3-5-7-9;7-13(9,10)5-3-1-2-4-6(5)14(8,11)12/h3-7H,1H2,2H3,(H,11,12);1-4H,(H2,7,9,10)(H2,8,11,12). The van der Waals surface area contributed by atoms with Gasteiger partial charge in [0.2, 0.25) is 20.0 Å². The average Bonchev–Trinajstić information content (AvgIpc) is 2.55. The van der Waals surface area contributed by atoms with Crippen molar-refractivity contribution in [2.75, 3.05) is 5.32 Å². The lowest BCUT2D eigenvalue weighted by atomic mass is 10.3. The number of sulfonamides is 2. The number of nitrogens with two attached hydrogens (primary N) is 2. The van der Waals surface area contributed by atoms with E-state index in [0.717, 1.165) is 17.8 Å². The molecule has 2 aromatic carbocycles. The van der Waals surface area contributed by atoms with Gasteiger partial charge in [-0.15, -0.1) is 0 Å². The zero-order valence-corrected chi connectivity index (χ0v) is 15.5. The summed E-state index contributed by atoms with van der Waals surface area (Å²) in [4.78, 5) is 10.1. The van der Waals surface area contributed by atoms with Crippen LogP contribution in [-0.4, -0.2) is 22.7 Å². The molecule has 0 aliphatic rings. The fraction of sp³-hybridized carbons (Fsp3) is 0.0625. The molecule has 5 N–H and O–H groups in total. The summed E-state index contributed by atoms with van der Waals surface area (Å²) in [5, 5.41) is 12.3. The Hall–Kier alpha value is -2.53. The molecule has 140 valence electrons. The van der Waals surface area contributed by atoms with Crippen LogP contribution in [0.1, 0.15) is 6.92 Å². The number of benzene rings is 2. The van der Waals surface area contributed by atoms with E-state index in [1.54, 1.807) is 6.92 Å². The molecule has 0 aromatic heterocycles. The molecule has 1 amide bonds. The first-order valence-electron chi connectivity index (χ1n) is 7.09. The molecule has 0 heterocycles. The van der Waals surface area contributed by atoms with Gasteiger partial charge in [0.05, 0.1) is 0 Å². The Balaban J connectivity index is 0.000000263. The predicted octanol–water partition coefficient (Wildman–Crippen LogP) is 1.18. The molecule has 0 unspecified atom stereocenters. The third-order valence-corrected chi connectivity index (χ3v) is 4.95. The summed E-state index contributed by atoms with van der Waals surface area (Å²) in [5.74, 6) is -0.138. The quantitative estimate of drug-likeness (QED) is 0.662. The van der Waals surface area contributed by atoms with E-state index >= 15 is 0 Å². The molecule has 0 spiro atoms. The summed E-state index contributed by atoms with van der Waals surface area (Å²) >= 11 is 0. The van der Waals surface area contributed by atoms with E-state index in [4.69, 9.17) is 10.3 Å². The number of primary sulfonamides is 2.